The minimum atomic E-state index is -4.40. The molecule has 0 bridgehead atoms. The van der Waals surface area contributed by atoms with E-state index in [2.05, 4.69) is 15.0 Å². The van der Waals surface area contributed by atoms with Gasteiger partial charge in [-0.1, -0.05) is 6.07 Å². The van der Waals surface area contributed by atoms with Crippen LogP contribution in [0.5, 0.6) is 0 Å². The summed E-state index contributed by atoms with van der Waals surface area (Å²) in [5.41, 5.74) is 12.2. The standard InChI is InChI=1S/C15H12F3N5.2ClH/c16-15(17,18)10-1-2-11-8(3-4-21-12(11)6-10)5-9-7-22-14(20)23-13(9)19;;/h1-4,6-7H,5H2,(H4,19,20,22,23);2*1H. The van der Waals surface area contributed by atoms with Gasteiger partial charge in [0.05, 0.1) is 11.1 Å². The Hall–Kier alpha value is -2.32. The van der Waals surface area contributed by atoms with Crippen molar-refractivity contribution in [1.29, 1.82) is 0 Å². The summed E-state index contributed by atoms with van der Waals surface area (Å²) in [4.78, 5) is 11.8. The van der Waals surface area contributed by atoms with Crippen molar-refractivity contribution in [2.24, 2.45) is 0 Å². The molecule has 4 N–H and O–H groups in total. The van der Waals surface area contributed by atoms with Crippen LogP contribution in [-0.4, -0.2) is 15.0 Å². The second-order valence-electron chi connectivity index (χ2n) is 5.02. The maximum Gasteiger partial charge on any atom is 0.416 e. The van der Waals surface area contributed by atoms with Gasteiger partial charge in [0.1, 0.15) is 5.82 Å². The monoisotopic (exact) mass is 391 g/mol. The second kappa shape index (κ2) is 7.71. The molecule has 0 unspecified atom stereocenters. The zero-order valence-electron chi connectivity index (χ0n) is 12.6. The first-order chi connectivity index (χ1) is 10.8. The summed E-state index contributed by atoms with van der Waals surface area (Å²) < 4.78 is 38.3. The van der Waals surface area contributed by atoms with Gasteiger partial charge in [0.15, 0.2) is 0 Å². The summed E-state index contributed by atoms with van der Waals surface area (Å²) in [5.74, 6) is 0.315. The highest BCUT2D eigenvalue weighted by atomic mass is 35.5. The molecule has 0 aliphatic heterocycles. The van der Waals surface area contributed by atoms with E-state index in [1.165, 1.54) is 18.5 Å². The lowest BCUT2D eigenvalue weighted by atomic mass is 10.0. The number of fused-ring (bicyclic) bond motifs is 1. The van der Waals surface area contributed by atoms with Crippen molar-refractivity contribution >= 4 is 47.5 Å². The first-order valence-electron chi connectivity index (χ1n) is 6.66. The van der Waals surface area contributed by atoms with Gasteiger partial charge in [0, 0.05) is 29.8 Å². The number of rotatable bonds is 2. The lowest BCUT2D eigenvalue weighted by Gasteiger charge is -2.10. The maximum atomic E-state index is 12.8. The molecule has 0 amide bonds. The molecule has 0 saturated heterocycles. The van der Waals surface area contributed by atoms with E-state index in [0.717, 1.165) is 17.7 Å². The summed E-state index contributed by atoms with van der Waals surface area (Å²) >= 11 is 0. The number of alkyl halides is 3. The predicted octanol–water partition coefficient (Wildman–Crippen LogP) is 3.64. The quantitative estimate of drug-likeness (QED) is 0.695. The molecule has 0 atom stereocenters. The zero-order valence-corrected chi connectivity index (χ0v) is 14.3. The molecule has 0 saturated carbocycles. The lowest BCUT2D eigenvalue weighted by Crippen LogP contribution is -2.06. The number of benzene rings is 1. The van der Waals surface area contributed by atoms with Gasteiger partial charge >= 0.3 is 6.18 Å². The Kier molecular flexibility index (Phi) is 6.39. The summed E-state index contributed by atoms with van der Waals surface area (Å²) in [6, 6.07) is 5.21. The van der Waals surface area contributed by atoms with Crippen molar-refractivity contribution in [1.82, 2.24) is 15.0 Å². The van der Waals surface area contributed by atoms with Crippen LogP contribution < -0.4 is 11.5 Å². The van der Waals surface area contributed by atoms with Gasteiger partial charge in [-0.3, -0.25) is 4.98 Å². The molecule has 1 aromatic carbocycles. The summed E-state index contributed by atoms with van der Waals surface area (Å²) in [6.45, 7) is 0. The highest BCUT2D eigenvalue weighted by Gasteiger charge is 2.30. The number of nitrogens with two attached hydrogens (primary N) is 2. The number of halogens is 5. The van der Waals surface area contributed by atoms with E-state index in [9.17, 15) is 13.2 Å². The zero-order chi connectivity index (χ0) is 16.6. The van der Waals surface area contributed by atoms with Gasteiger partial charge in [0.2, 0.25) is 5.95 Å². The number of pyridine rings is 1. The Labute approximate surface area is 153 Å². The molecule has 0 fully saturated rings. The topological polar surface area (TPSA) is 90.7 Å². The second-order valence-corrected chi connectivity index (χ2v) is 5.02. The van der Waals surface area contributed by atoms with Gasteiger partial charge in [-0.2, -0.15) is 18.2 Å². The molecule has 2 heterocycles. The number of hydrogen-bond donors (Lipinski definition) is 2. The Bertz CT molecular complexity index is 887. The molecule has 3 rings (SSSR count). The molecule has 0 aliphatic carbocycles. The van der Waals surface area contributed by atoms with Crippen molar-refractivity contribution in [3.05, 3.63) is 53.3 Å². The molecule has 25 heavy (non-hydrogen) atoms. The third-order valence-corrected chi connectivity index (χ3v) is 3.46. The van der Waals surface area contributed by atoms with E-state index in [1.807, 2.05) is 0 Å². The molecule has 0 aliphatic rings. The van der Waals surface area contributed by atoms with Crippen LogP contribution in [0.4, 0.5) is 24.9 Å². The summed E-state index contributed by atoms with van der Waals surface area (Å²) in [6.07, 6.45) is -1.06. The minimum Gasteiger partial charge on any atom is -0.383 e. The van der Waals surface area contributed by atoms with Crippen LogP contribution in [0.1, 0.15) is 16.7 Å². The van der Waals surface area contributed by atoms with E-state index in [4.69, 9.17) is 11.5 Å². The molecular formula is C15H14Cl2F3N5. The Morgan fingerprint density at radius 3 is 2.32 bits per heavy atom. The highest BCUT2D eigenvalue weighted by molar-refractivity contribution is 5.85. The van der Waals surface area contributed by atoms with Crippen molar-refractivity contribution in [3.8, 4) is 0 Å². The molecule has 3 aromatic rings. The number of aromatic nitrogens is 3. The van der Waals surface area contributed by atoms with Crippen molar-refractivity contribution < 1.29 is 13.2 Å². The first-order valence-corrected chi connectivity index (χ1v) is 6.66. The highest BCUT2D eigenvalue weighted by Crippen LogP contribution is 2.32. The molecule has 10 heteroatoms. The van der Waals surface area contributed by atoms with Crippen molar-refractivity contribution in [2.45, 2.75) is 12.6 Å². The first kappa shape index (κ1) is 20.7. The average molecular weight is 392 g/mol. The van der Waals surface area contributed by atoms with E-state index in [0.29, 0.717) is 17.4 Å². The number of anilines is 2. The summed E-state index contributed by atoms with van der Waals surface area (Å²) in [5, 5.41) is 0.622. The minimum absolute atomic E-state index is 0. The van der Waals surface area contributed by atoms with Crippen LogP contribution in [0.15, 0.2) is 36.7 Å². The normalized spacial score (nSPS) is 10.8. The van der Waals surface area contributed by atoms with Crippen LogP contribution >= 0.6 is 24.8 Å². The molecule has 0 spiro atoms. The van der Waals surface area contributed by atoms with Crippen molar-refractivity contribution in [2.75, 3.05) is 11.5 Å². The number of hydrogen-bond acceptors (Lipinski definition) is 5. The molecule has 0 radical (unpaired) electrons. The maximum absolute atomic E-state index is 12.8. The Morgan fingerprint density at radius 1 is 0.960 bits per heavy atom. The van der Waals surface area contributed by atoms with Crippen molar-refractivity contribution in [3.63, 3.8) is 0 Å². The lowest BCUT2D eigenvalue weighted by molar-refractivity contribution is -0.137. The number of nitrogen functional groups attached to an aromatic ring is 2. The Morgan fingerprint density at radius 2 is 1.68 bits per heavy atom. The van der Waals surface area contributed by atoms with Crippen LogP contribution in [0.25, 0.3) is 10.9 Å². The van der Waals surface area contributed by atoms with Crippen LogP contribution in [-0.2, 0) is 12.6 Å². The van der Waals surface area contributed by atoms with Gasteiger partial charge in [-0.15, -0.1) is 24.8 Å². The van der Waals surface area contributed by atoms with Gasteiger partial charge in [0.25, 0.3) is 0 Å². The third kappa shape index (κ3) is 4.40. The molecule has 2 aromatic heterocycles. The smallest absolute Gasteiger partial charge is 0.383 e. The van der Waals surface area contributed by atoms with E-state index in [-0.39, 0.29) is 42.1 Å². The molecule has 5 nitrogen and oxygen atoms in total. The predicted molar refractivity (Wildman–Crippen MR) is 94.9 cm³/mol. The van der Waals surface area contributed by atoms with Gasteiger partial charge in [-0.25, -0.2) is 4.98 Å². The average Bonchev–Trinajstić information content (AvgIpc) is 2.49. The van der Waals surface area contributed by atoms with Gasteiger partial charge in [-0.05, 0) is 23.8 Å². The largest absolute Gasteiger partial charge is 0.416 e. The van der Waals surface area contributed by atoms with Crippen LogP contribution in [0.2, 0.25) is 0 Å². The fourth-order valence-electron chi connectivity index (χ4n) is 2.31. The van der Waals surface area contributed by atoms with Gasteiger partial charge < -0.3 is 11.5 Å². The molecule has 134 valence electrons. The van der Waals surface area contributed by atoms with Crippen LogP contribution in [0, 0.1) is 0 Å². The fraction of sp³-hybridized carbons (Fsp3) is 0.133. The van der Waals surface area contributed by atoms with E-state index < -0.39 is 11.7 Å². The number of nitrogens with zero attached hydrogens (tertiary/aromatic N) is 3. The molecular weight excluding hydrogens is 378 g/mol. The summed E-state index contributed by atoms with van der Waals surface area (Å²) in [7, 11) is 0. The fourth-order valence-corrected chi connectivity index (χ4v) is 2.31. The SMILES string of the molecule is Cl.Cl.Nc1ncc(Cc2ccnc3cc(C(F)(F)F)ccc23)c(N)n1. The Balaban J connectivity index is 0.00000156. The van der Waals surface area contributed by atoms with E-state index in [1.54, 1.807) is 6.07 Å². The van der Waals surface area contributed by atoms with Crippen LogP contribution in [0.3, 0.4) is 0 Å². The van der Waals surface area contributed by atoms with E-state index >= 15 is 0 Å². The third-order valence-electron chi connectivity index (χ3n) is 3.46.